The average Bonchev–Trinajstić information content (AvgIpc) is 2.17. The van der Waals surface area contributed by atoms with E-state index < -0.39 is 8.07 Å². The van der Waals surface area contributed by atoms with Crippen LogP contribution in [0.3, 0.4) is 0 Å². The lowest BCUT2D eigenvalue weighted by molar-refractivity contribution is 1.06. The topological polar surface area (TPSA) is 12.9 Å². The molecule has 0 saturated heterocycles. The lowest BCUT2D eigenvalue weighted by atomic mass is 10.2. The largest absolute Gasteiger partial charge is 0.265 e. The summed E-state index contributed by atoms with van der Waals surface area (Å²) in [5.74, 6) is 0. The number of nitrogens with zero attached hydrogens (tertiary/aromatic N) is 1. The molecule has 72 valence electrons. The Morgan fingerprint density at radius 2 is 1.85 bits per heavy atom. The van der Waals surface area contributed by atoms with Crippen LogP contribution in [0, 0.1) is 0 Å². The van der Waals surface area contributed by atoms with Gasteiger partial charge in [0.05, 0.1) is 0 Å². The van der Waals surface area contributed by atoms with Crippen LogP contribution in [0.4, 0.5) is 0 Å². The van der Waals surface area contributed by atoms with Crippen molar-refractivity contribution in [1.29, 1.82) is 0 Å². The van der Waals surface area contributed by atoms with Crippen LogP contribution < -0.4 is 0 Å². The van der Waals surface area contributed by atoms with E-state index in [1.165, 1.54) is 24.1 Å². The van der Waals surface area contributed by atoms with Crippen LogP contribution in [0.5, 0.6) is 0 Å². The third kappa shape index (κ3) is 3.72. The molecule has 0 atom stereocenters. The van der Waals surface area contributed by atoms with Crippen molar-refractivity contribution in [2.45, 2.75) is 38.5 Å². The molecule has 1 heterocycles. The molecule has 0 unspecified atom stereocenters. The van der Waals surface area contributed by atoms with Gasteiger partial charge in [-0.15, -0.1) is 0 Å². The van der Waals surface area contributed by atoms with Gasteiger partial charge in [0.25, 0.3) is 0 Å². The van der Waals surface area contributed by atoms with Gasteiger partial charge in [0.1, 0.15) is 0 Å². The maximum Gasteiger partial charge on any atom is 0.0474 e. The zero-order chi connectivity index (χ0) is 9.73. The molecule has 1 rings (SSSR count). The average molecular weight is 193 g/mol. The maximum atomic E-state index is 4.02. The fourth-order valence-electron chi connectivity index (χ4n) is 1.21. The predicted molar refractivity (Wildman–Crippen MR) is 60.7 cm³/mol. The summed E-state index contributed by atoms with van der Waals surface area (Å²) in [5, 5.41) is 0. The van der Waals surface area contributed by atoms with Crippen molar-refractivity contribution in [3.05, 3.63) is 30.1 Å². The summed E-state index contributed by atoms with van der Waals surface area (Å²) >= 11 is 0. The Balaban J connectivity index is 2.44. The van der Waals surface area contributed by atoms with Gasteiger partial charge in [-0.05, 0) is 24.1 Å². The molecule has 1 nitrogen and oxygen atoms in total. The van der Waals surface area contributed by atoms with E-state index in [2.05, 4.69) is 37.1 Å². The lowest BCUT2D eigenvalue weighted by Gasteiger charge is -2.19. The monoisotopic (exact) mass is 193 g/mol. The summed E-state index contributed by atoms with van der Waals surface area (Å²) in [4.78, 5) is 4.02. The van der Waals surface area contributed by atoms with Gasteiger partial charge in [-0.3, -0.25) is 4.98 Å². The van der Waals surface area contributed by atoms with Gasteiger partial charge < -0.3 is 0 Å². The molecular formula is C11H19NSi. The highest BCUT2D eigenvalue weighted by atomic mass is 28.3. The van der Waals surface area contributed by atoms with Crippen LogP contribution in [0.25, 0.3) is 0 Å². The van der Waals surface area contributed by atoms with Gasteiger partial charge >= 0.3 is 0 Å². The Morgan fingerprint density at radius 1 is 1.23 bits per heavy atom. The van der Waals surface area contributed by atoms with E-state index in [-0.39, 0.29) is 0 Å². The van der Waals surface area contributed by atoms with Crippen molar-refractivity contribution >= 4 is 8.07 Å². The summed E-state index contributed by atoms with van der Waals surface area (Å²) in [6.07, 6.45) is 5.00. The molecule has 0 amide bonds. The Kier molecular flexibility index (Phi) is 3.67. The minimum atomic E-state index is -0.880. The zero-order valence-corrected chi connectivity index (χ0v) is 9.88. The molecule has 0 bridgehead atoms. The molecule has 1 aromatic rings. The zero-order valence-electron chi connectivity index (χ0n) is 8.88. The van der Waals surface area contributed by atoms with Crippen molar-refractivity contribution in [3.63, 3.8) is 0 Å². The first kappa shape index (κ1) is 10.4. The minimum Gasteiger partial charge on any atom is -0.265 e. The van der Waals surface area contributed by atoms with Crippen molar-refractivity contribution in [2.24, 2.45) is 0 Å². The lowest BCUT2D eigenvalue weighted by Crippen LogP contribution is -2.24. The van der Waals surface area contributed by atoms with Crippen LogP contribution in [0.15, 0.2) is 24.5 Å². The molecule has 0 radical (unpaired) electrons. The minimum absolute atomic E-state index is 0.880. The van der Waals surface area contributed by atoms with E-state index in [1.54, 1.807) is 0 Å². The fraction of sp³-hybridized carbons (Fsp3) is 0.545. The second-order valence-corrected chi connectivity index (χ2v) is 9.91. The molecule has 0 aliphatic carbocycles. The molecule has 0 aliphatic rings. The van der Waals surface area contributed by atoms with Gasteiger partial charge in [0.15, 0.2) is 0 Å². The van der Waals surface area contributed by atoms with E-state index in [0.717, 1.165) is 0 Å². The highest BCUT2D eigenvalue weighted by Gasteiger charge is 2.16. The summed E-state index contributed by atoms with van der Waals surface area (Å²) in [6.45, 7) is 7.25. The molecule has 2 heteroatoms. The van der Waals surface area contributed by atoms with E-state index in [9.17, 15) is 0 Å². The molecule has 0 N–H and O–H groups in total. The molecule has 1 aromatic heterocycles. The molecule has 0 fully saturated rings. The SMILES string of the molecule is CC[Si](C)(C)CCc1ccncc1. The van der Waals surface area contributed by atoms with Crippen LogP contribution in [0.2, 0.25) is 25.2 Å². The third-order valence-electron chi connectivity index (χ3n) is 2.80. The second kappa shape index (κ2) is 4.56. The Hall–Kier alpha value is -0.633. The summed E-state index contributed by atoms with van der Waals surface area (Å²) in [5.41, 5.74) is 1.43. The van der Waals surface area contributed by atoms with Crippen molar-refractivity contribution in [3.8, 4) is 0 Å². The number of pyridine rings is 1. The van der Waals surface area contributed by atoms with Gasteiger partial charge in [-0.1, -0.05) is 32.1 Å². The summed E-state index contributed by atoms with van der Waals surface area (Å²) in [7, 11) is -0.880. The maximum absolute atomic E-state index is 4.02. The van der Waals surface area contributed by atoms with Gasteiger partial charge in [-0.2, -0.15) is 0 Å². The first-order valence-corrected chi connectivity index (χ1v) is 8.44. The Labute approximate surface area is 82.2 Å². The summed E-state index contributed by atoms with van der Waals surface area (Å²) < 4.78 is 0. The standard InChI is InChI=1S/C11H19NSi/c1-4-13(2,3)10-7-11-5-8-12-9-6-11/h5-6,8-9H,4,7,10H2,1-3H3. The van der Waals surface area contributed by atoms with Gasteiger partial charge in [0.2, 0.25) is 0 Å². The van der Waals surface area contributed by atoms with E-state index in [0.29, 0.717) is 0 Å². The predicted octanol–water partition coefficient (Wildman–Crippen LogP) is 3.35. The molecule has 0 saturated carbocycles. The Bertz CT molecular complexity index is 244. The van der Waals surface area contributed by atoms with E-state index in [4.69, 9.17) is 0 Å². The molecule has 0 spiro atoms. The summed E-state index contributed by atoms with van der Waals surface area (Å²) in [6, 6.07) is 7.03. The fourth-order valence-corrected chi connectivity index (χ4v) is 2.53. The van der Waals surface area contributed by atoms with E-state index in [1.807, 2.05) is 12.4 Å². The number of aromatic nitrogens is 1. The number of hydrogen-bond donors (Lipinski definition) is 0. The van der Waals surface area contributed by atoms with Crippen molar-refractivity contribution in [2.75, 3.05) is 0 Å². The quantitative estimate of drug-likeness (QED) is 0.668. The van der Waals surface area contributed by atoms with Crippen LogP contribution in [-0.2, 0) is 6.42 Å². The van der Waals surface area contributed by atoms with Gasteiger partial charge in [-0.25, -0.2) is 0 Å². The smallest absolute Gasteiger partial charge is 0.0474 e. The van der Waals surface area contributed by atoms with Crippen LogP contribution in [-0.4, -0.2) is 13.1 Å². The first-order chi connectivity index (χ1) is 6.14. The molecule has 13 heavy (non-hydrogen) atoms. The first-order valence-electron chi connectivity index (χ1n) is 5.03. The van der Waals surface area contributed by atoms with Gasteiger partial charge in [0, 0.05) is 20.5 Å². The number of hydrogen-bond acceptors (Lipinski definition) is 1. The van der Waals surface area contributed by atoms with Crippen LogP contribution >= 0.6 is 0 Å². The molecular weight excluding hydrogens is 174 g/mol. The normalized spacial score (nSPS) is 11.6. The number of rotatable bonds is 4. The highest BCUT2D eigenvalue weighted by Crippen LogP contribution is 2.17. The van der Waals surface area contributed by atoms with Crippen LogP contribution in [0.1, 0.15) is 12.5 Å². The second-order valence-electron chi connectivity index (χ2n) is 4.37. The molecule has 0 aliphatic heterocycles. The van der Waals surface area contributed by atoms with E-state index >= 15 is 0 Å². The van der Waals surface area contributed by atoms with Crippen molar-refractivity contribution < 1.29 is 0 Å². The third-order valence-corrected chi connectivity index (χ3v) is 6.31. The number of aryl methyl sites for hydroxylation is 1. The Morgan fingerprint density at radius 3 is 2.38 bits per heavy atom. The highest BCUT2D eigenvalue weighted by molar-refractivity contribution is 6.77. The van der Waals surface area contributed by atoms with Crippen molar-refractivity contribution in [1.82, 2.24) is 4.98 Å². The molecule has 0 aromatic carbocycles.